The molecule has 5 nitrogen and oxygen atoms in total. The summed E-state index contributed by atoms with van der Waals surface area (Å²) in [5.41, 5.74) is 0.589. The Morgan fingerprint density at radius 2 is 1.60 bits per heavy atom. The average molecular weight is 629 g/mol. The van der Waals surface area contributed by atoms with Crippen molar-refractivity contribution in [3.8, 4) is 0 Å². The number of fused-ring (bicyclic) bond motifs is 1. The lowest BCUT2D eigenvalue weighted by molar-refractivity contribution is -0.178. The van der Waals surface area contributed by atoms with E-state index in [1.165, 1.54) is 5.57 Å². The summed E-state index contributed by atoms with van der Waals surface area (Å²) in [6, 6.07) is 20.8. The first-order valence-electron chi connectivity index (χ1n) is 17.1. The van der Waals surface area contributed by atoms with E-state index in [2.05, 4.69) is 103 Å². The van der Waals surface area contributed by atoms with Gasteiger partial charge in [0.05, 0.1) is 6.10 Å². The molecule has 2 saturated carbocycles. The molecule has 1 unspecified atom stereocenters. The van der Waals surface area contributed by atoms with E-state index in [9.17, 15) is 9.59 Å². The molecule has 3 aliphatic carbocycles. The van der Waals surface area contributed by atoms with Crippen LogP contribution in [0.15, 0.2) is 72.3 Å². The highest BCUT2D eigenvalue weighted by molar-refractivity contribution is 6.99. The van der Waals surface area contributed by atoms with Crippen LogP contribution in [0.1, 0.15) is 80.6 Å². The first kappa shape index (κ1) is 32.4. The molecule has 0 amide bonds. The molecule has 2 aromatic carbocycles. The Kier molecular flexibility index (Phi) is 8.58. The molecule has 8 atom stereocenters. The molecule has 1 heterocycles. The highest BCUT2D eigenvalue weighted by Gasteiger charge is 2.66. The maximum absolute atomic E-state index is 14.1. The van der Waals surface area contributed by atoms with Crippen molar-refractivity contribution >= 4 is 30.4 Å². The van der Waals surface area contributed by atoms with Gasteiger partial charge in [-0.2, -0.15) is 0 Å². The van der Waals surface area contributed by atoms with Crippen molar-refractivity contribution in [3.63, 3.8) is 0 Å². The van der Waals surface area contributed by atoms with E-state index in [0.29, 0.717) is 12.2 Å². The molecule has 6 rings (SSSR count). The second-order valence-electron chi connectivity index (χ2n) is 15.7. The number of ketones is 1. The zero-order valence-corrected chi connectivity index (χ0v) is 29.3. The predicted molar refractivity (Wildman–Crippen MR) is 181 cm³/mol. The molecule has 0 radical (unpaired) electrons. The Morgan fingerprint density at radius 1 is 0.978 bits per heavy atom. The zero-order chi connectivity index (χ0) is 32.2. The monoisotopic (exact) mass is 628 g/mol. The van der Waals surface area contributed by atoms with Crippen LogP contribution in [-0.2, 0) is 23.5 Å². The lowest BCUT2D eigenvalue weighted by atomic mass is 9.47. The number of ether oxygens (including phenoxy) is 2. The fourth-order valence-corrected chi connectivity index (χ4v) is 14.7. The standard InChI is InChI=1S/C39H52O5Si/c1-26-24-33(38(7)27(2)18-21-39(22-19-32(40)36(38)39)28(3)35-31(26)20-23-42-35)44-34(41)25-43-45(37(4,5)6,29-14-10-8-11-15-29)30-16-12-9-13-17-30/h8-17,24,27-28,31,33,35-36H,18-23,25H2,1-7H3/b26-24-/t27?,28-,31-,33+,35-,36-,38-,39-/m0/s1. The van der Waals surface area contributed by atoms with Crippen LogP contribution in [0.4, 0.5) is 0 Å². The van der Waals surface area contributed by atoms with E-state index < -0.39 is 19.8 Å². The average Bonchev–Trinajstić information content (AvgIpc) is 3.65. The topological polar surface area (TPSA) is 61.8 Å². The van der Waals surface area contributed by atoms with E-state index in [4.69, 9.17) is 13.9 Å². The van der Waals surface area contributed by atoms with Gasteiger partial charge in [-0.1, -0.05) is 108 Å². The van der Waals surface area contributed by atoms with Crippen LogP contribution in [-0.4, -0.2) is 45.5 Å². The van der Waals surface area contributed by atoms with Gasteiger partial charge in [0.2, 0.25) is 0 Å². The van der Waals surface area contributed by atoms with Crippen LogP contribution >= 0.6 is 0 Å². The van der Waals surface area contributed by atoms with E-state index >= 15 is 0 Å². The normalized spacial score (nSPS) is 36.2. The molecule has 2 bridgehead atoms. The van der Waals surface area contributed by atoms with E-state index in [1.54, 1.807) is 0 Å². The number of Topliss-reactive ketones (excluding diaryl/α,β-unsaturated/α-hetero) is 1. The minimum Gasteiger partial charge on any atom is -0.456 e. The molecule has 4 aliphatic rings. The summed E-state index contributed by atoms with van der Waals surface area (Å²) in [5, 5.41) is 2.01. The summed E-state index contributed by atoms with van der Waals surface area (Å²) in [6.07, 6.45) is 6.31. The van der Waals surface area contributed by atoms with Crippen molar-refractivity contribution in [1.82, 2.24) is 0 Å². The number of carbonyl (C=O) groups excluding carboxylic acids is 2. The maximum Gasteiger partial charge on any atom is 0.331 e. The van der Waals surface area contributed by atoms with Gasteiger partial charge in [0.25, 0.3) is 8.32 Å². The molecule has 0 N–H and O–H groups in total. The van der Waals surface area contributed by atoms with Crippen molar-refractivity contribution in [2.75, 3.05) is 13.2 Å². The zero-order valence-electron chi connectivity index (χ0n) is 28.3. The minimum absolute atomic E-state index is 0.0974. The Morgan fingerprint density at radius 3 is 2.20 bits per heavy atom. The van der Waals surface area contributed by atoms with E-state index in [-0.39, 0.29) is 52.8 Å². The van der Waals surface area contributed by atoms with Gasteiger partial charge in [0.15, 0.2) is 0 Å². The highest BCUT2D eigenvalue weighted by atomic mass is 28.4. The van der Waals surface area contributed by atoms with Crippen LogP contribution in [0.5, 0.6) is 0 Å². The van der Waals surface area contributed by atoms with Gasteiger partial charge in [-0.3, -0.25) is 4.79 Å². The Hall–Kier alpha value is -2.54. The third kappa shape index (κ3) is 5.10. The van der Waals surface area contributed by atoms with Crippen molar-refractivity contribution in [1.29, 1.82) is 0 Å². The number of hydrogen-bond acceptors (Lipinski definition) is 5. The summed E-state index contributed by atoms with van der Waals surface area (Å²) in [6.45, 7) is 16.3. The van der Waals surface area contributed by atoms with E-state index in [0.717, 1.165) is 42.7 Å². The van der Waals surface area contributed by atoms with Crippen molar-refractivity contribution in [2.24, 2.45) is 34.5 Å². The summed E-state index contributed by atoms with van der Waals surface area (Å²) in [4.78, 5) is 28.1. The predicted octanol–water partition coefficient (Wildman–Crippen LogP) is 6.88. The maximum atomic E-state index is 14.1. The largest absolute Gasteiger partial charge is 0.456 e. The fourth-order valence-electron chi connectivity index (χ4n) is 10.2. The second kappa shape index (κ2) is 11.9. The molecular formula is C39H52O5Si. The number of hydrogen-bond donors (Lipinski definition) is 0. The van der Waals surface area contributed by atoms with Gasteiger partial charge < -0.3 is 13.9 Å². The lowest BCUT2D eigenvalue weighted by Gasteiger charge is -2.57. The Bertz CT molecular complexity index is 1390. The van der Waals surface area contributed by atoms with Gasteiger partial charge >= 0.3 is 5.97 Å². The molecular weight excluding hydrogens is 577 g/mol. The van der Waals surface area contributed by atoms with Crippen LogP contribution in [0.2, 0.25) is 5.04 Å². The van der Waals surface area contributed by atoms with E-state index in [1.807, 2.05) is 12.1 Å². The summed E-state index contributed by atoms with van der Waals surface area (Å²) in [7, 11) is -2.92. The molecule has 45 heavy (non-hydrogen) atoms. The first-order chi connectivity index (χ1) is 21.4. The third-order valence-corrected chi connectivity index (χ3v) is 17.7. The second-order valence-corrected chi connectivity index (χ2v) is 20.0. The lowest BCUT2D eigenvalue weighted by Crippen LogP contribution is -2.67. The summed E-state index contributed by atoms with van der Waals surface area (Å²) < 4.78 is 20.1. The van der Waals surface area contributed by atoms with Crippen LogP contribution < -0.4 is 10.4 Å². The molecule has 0 spiro atoms. The smallest absolute Gasteiger partial charge is 0.331 e. The van der Waals surface area contributed by atoms with Gasteiger partial charge in [-0.25, -0.2) is 4.79 Å². The van der Waals surface area contributed by atoms with Crippen LogP contribution in [0.25, 0.3) is 0 Å². The van der Waals surface area contributed by atoms with Crippen molar-refractivity contribution < 1.29 is 23.5 Å². The molecule has 242 valence electrons. The third-order valence-electron chi connectivity index (χ3n) is 12.7. The van der Waals surface area contributed by atoms with Crippen LogP contribution in [0.3, 0.4) is 0 Å². The Labute approximate surface area is 271 Å². The van der Waals surface area contributed by atoms with Gasteiger partial charge in [-0.05, 0) is 71.3 Å². The summed E-state index contributed by atoms with van der Waals surface area (Å²) in [5.74, 6) is 0.582. The SMILES string of the molecule is C/C1=C/[C@@H](OC(=O)CO[Si](c2ccccc2)(c2ccccc2)C(C)(C)C)[C@]2(C)C(C)CC[C@]3(CCC(=O)[C@H]32)[C@@H](C)[C@@H]2OCC[C@@H]12. The van der Waals surface area contributed by atoms with Crippen LogP contribution in [0, 0.1) is 34.5 Å². The quantitative estimate of drug-likeness (QED) is 0.198. The molecule has 1 saturated heterocycles. The van der Waals surface area contributed by atoms with Gasteiger partial charge in [0, 0.05) is 30.3 Å². The number of rotatable bonds is 6. The first-order valence-corrected chi connectivity index (χ1v) is 19.0. The summed E-state index contributed by atoms with van der Waals surface area (Å²) >= 11 is 0. The minimum atomic E-state index is -2.92. The van der Waals surface area contributed by atoms with Crippen molar-refractivity contribution in [3.05, 3.63) is 72.3 Å². The molecule has 2 aromatic rings. The molecule has 1 aliphatic heterocycles. The number of benzene rings is 2. The highest BCUT2D eigenvalue weighted by Crippen LogP contribution is 2.66. The van der Waals surface area contributed by atoms with Gasteiger partial charge in [0.1, 0.15) is 18.5 Å². The fraction of sp³-hybridized carbons (Fsp3) is 0.590. The Balaban J connectivity index is 1.38. The molecule has 0 aromatic heterocycles. The molecule has 6 heteroatoms. The number of carbonyl (C=O) groups is 2. The van der Waals surface area contributed by atoms with Crippen molar-refractivity contribution in [2.45, 2.75) is 97.8 Å². The number of esters is 1. The molecule has 3 fully saturated rings. The van der Waals surface area contributed by atoms with Gasteiger partial charge in [-0.15, -0.1) is 0 Å².